The van der Waals surface area contributed by atoms with Gasteiger partial charge in [-0.25, -0.2) is 4.39 Å². The maximum absolute atomic E-state index is 13.3. The standard InChI is InChI=1S/C11H12ClFO/c1-2-4-9(14)7-8-5-3-6-10(12)11(8)13/h2-3,5-6,9,14H,1,4,7H2. The molecular formula is C11H12ClFO. The highest BCUT2D eigenvalue weighted by molar-refractivity contribution is 6.30. The summed E-state index contributed by atoms with van der Waals surface area (Å²) in [5, 5.41) is 9.53. The molecule has 0 heterocycles. The predicted octanol–water partition coefficient (Wildman–Crippen LogP) is 2.96. The van der Waals surface area contributed by atoms with Crippen LogP contribution in [0.5, 0.6) is 0 Å². The first-order valence-corrected chi connectivity index (χ1v) is 4.74. The molecule has 1 unspecified atom stereocenters. The molecule has 1 aromatic rings. The SMILES string of the molecule is C=CCC(O)Cc1cccc(Cl)c1F. The molecule has 0 radical (unpaired) electrons. The van der Waals surface area contributed by atoms with Crippen LogP contribution in [-0.4, -0.2) is 11.2 Å². The Labute approximate surface area is 87.8 Å². The van der Waals surface area contributed by atoms with Crippen molar-refractivity contribution in [2.24, 2.45) is 0 Å². The van der Waals surface area contributed by atoms with E-state index in [1.165, 1.54) is 6.07 Å². The average molecular weight is 215 g/mol. The average Bonchev–Trinajstić information content (AvgIpc) is 2.13. The molecule has 1 rings (SSSR count). The number of benzene rings is 1. The van der Waals surface area contributed by atoms with Gasteiger partial charge in [0.2, 0.25) is 0 Å². The van der Waals surface area contributed by atoms with Crippen LogP contribution < -0.4 is 0 Å². The molecule has 76 valence electrons. The zero-order chi connectivity index (χ0) is 10.6. The van der Waals surface area contributed by atoms with Gasteiger partial charge in [0, 0.05) is 6.42 Å². The van der Waals surface area contributed by atoms with E-state index in [1.54, 1.807) is 18.2 Å². The van der Waals surface area contributed by atoms with Gasteiger partial charge in [-0.1, -0.05) is 29.8 Å². The van der Waals surface area contributed by atoms with Crippen molar-refractivity contribution in [3.8, 4) is 0 Å². The second-order valence-electron chi connectivity index (χ2n) is 3.10. The maximum Gasteiger partial charge on any atom is 0.145 e. The summed E-state index contributed by atoms with van der Waals surface area (Å²) in [5.41, 5.74) is 0.437. The van der Waals surface area contributed by atoms with E-state index in [0.717, 1.165) is 0 Å². The highest BCUT2D eigenvalue weighted by atomic mass is 35.5. The van der Waals surface area contributed by atoms with Crippen LogP contribution in [0.25, 0.3) is 0 Å². The van der Waals surface area contributed by atoms with Crippen LogP contribution in [0.4, 0.5) is 4.39 Å². The minimum Gasteiger partial charge on any atom is -0.392 e. The summed E-state index contributed by atoms with van der Waals surface area (Å²) in [6, 6.07) is 4.77. The Morgan fingerprint density at radius 3 is 2.93 bits per heavy atom. The van der Waals surface area contributed by atoms with Gasteiger partial charge in [-0.3, -0.25) is 0 Å². The maximum atomic E-state index is 13.3. The second kappa shape index (κ2) is 5.13. The van der Waals surface area contributed by atoms with Gasteiger partial charge in [-0.15, -0.1) is 6.58 Å². The van der Waals surface area contributed by atoms with Crippen LogP contribution in [0.3, 0.4) is 0 Å². The van der Waals surface area contributed by atoms with Crippen molar-refractivity contribution in [2.45, 2.75) is 18.9 Å². The van der Waals surface area contributed by atoms with Gasteiger partial charge in [-0.2, -0.15) is 0 Å². The van der Waals surface area contributed by atoms with Crippen molar-refractivity contribution >= 4 is 11.6 Å². The third-order valence-corrected chi connectivity index (χ3v) is 2.22. The Morgan fingerprint density at radius 1 is 1.57 bits per heavy atom. The van der Waals surface area contributed by atoms with Gasteiger partial charge in [-0.05, 0) is 18.1 Å². The summed E-state index contributed by atoms with van der Waals surface area (Å²) >= 11 is 5.60. The molecular weight excluding hydrogens is 203 g/mol. The van der Waals surface area contributed by atoms with E-state index in [-0.39, 0.29) is 11.4 Å². The number of rotatable bonds is 4. The molecule has 14 heavy (non-hydrogen) atoms. The van der Waals surface area contributed by atoms with Crippen LogP contribution in [0, 0.1) is 5.82 Å². The molecule has 0 saturated carbocycles. The molecule has 0 aliphatic rings. The smallest absolute Gasteiger partial charge is 0.145 e. The number of aliphatic hydroxyl groups is 1. The molecule has 0 fully saturated rings. The summed E-state index contributed by atoms with van der Waals surface area (Å²) in [7, 11) is 0. The Morgan fingerprint density at radius 2 is 2.29 bits per heavy atom. The topological polar surface area (TPSA) is 20.2 Å². The molecule has 0 bridgehead atoms. The molecule has 0 aromatic heterocycles. The quantitative estimate of drug-likeness (QED) is 0.765. The van der Waals surface area contributed by atoms with Crippen molar-refractivity contribution in [3.63, 3.8) is 0 Å². The largest absolute Gasteiger partial charge is 0.392 e. The molecule has 0 amide bonds. The van der Waals surface area contributed by atoms with Crippen molar-refractivity contribution in [2.75, 3.05) is 0 Å². The number of hydrogen-bond acceptors (Lipinski definition) is 1. The van der Waals surface area contributed by atoms with Crippen LogP contribution in [0.2, 0.25) is 5.02 Å². The third-order valence-electron chi connectivity index (χ3n) is 1.93. The zero-order valence-corrected chi connectivity index (χ0v) is 8.47. The minimum atomic E-state index is -0.597. The van der Waals surface area contributed by atoms with E-state index < -0.39 is 11.9 Å². The van der Waals surface area contributed by atoms with Gasteiger partial charge in [0.15, 0.2) is 0 Å². The van der Waals surface area contributed by atoms with Crippen LogP contribution >= 0.6 is 11.6 Å². The molecule has 0 aliphatic heterocycles. The lowest BCUT2D eigenvalue weighted by molar-refractivity contribution is 0.177. The lowest BCUT2D eigenvalue weighted by atomic mass is 10.1. The lowest BCUT2D eigenvalue weighted by Crippen LogP contribution is -2.10. The Balaban J connectivity index is 2.76. The normalized spacial score (nSPS) is 12.5. The molecule has 0 aliphatic carbocycles. The highest BCUT2D eigenvalue weighted by Gasteiger charge is 2.10. The van der Waals surface area contributed by atoms with Gasteiger partial charge in [0.05, 0.1) is 11.1 Å². The van der Waals surface area contributed by atoms with E-state index >= 15 is 0 Å². The molecule has 3 heteroatoms. The summed E-state index contributed by atoms with van der Waals surface area (Å²) in [4.78, 5) is 0. The van der Waals surface area contributed by atoms with Crippen LogP contribution in [-0.2, 0) is 6.42 Å². The first-order valence-electron chi connectivity index (χ1n) is 4.37. The fourth-order valence-corrected chi connectivity index (χ4v) is 1.43. The molecule has 1 aromatic carbocycles. The van der Waals surface area contributed by atoms with Crippen LogP contribution in [0.1, 0.15) is 12.0 Å². The van der Waals surface area contributed by atoms with Crippen molar-refractivity contribution in [3.05, 3.63) is 47.3 Å². The number of hydrogen-bond donors (Lipinski definition) is 1. The Hall–Kier alpha value is -0.860. The van der Waals surface area contributed by atoms with Gasteiger partial charge >= 0.3 is 0 Å². The van der Waals surface area contributed by atoms with E-state index in [4.69, 9.17) is 11.6 Å². The van der Waals surface area contributed by atoms with Crippen LogP contribution in [0.15, 0.2) is 30.9 Å². The highest BCUT2D eigenvalue weighted by Crippen LogP contribution is 2.19. The molecule has 0 spiro atoms. The fourth-order valence-electron chi connectivity index (χ4n) is 1.24. The third kappa shape index (κ3) is 2.82. The van der Waals surface area contributed by atoms with Gasteiger partial charge < -0.3 is 5.11 Å². The monoisotopic (exact) mass is 214 g/mol. The van der Waals surface area contributed by atoms with E-state index in [0.29, 0.717) is 12.0 Å². The van der Waals surface area contributed by atoms with Gasteiger partial charge in [0.25, 0.3) is 0 Å². The molecule has 0 saturated heterocycles. The number of halogens is 2. The summed E-state index contributed by atoms with van der Waals surface area (Å²) < 4.78 is 13.3. The molecule has 1 N–H and O–H groups in total. The van der Waals surface area contributed by atoms with E-state index in [9.17, 15) is 9.50 Å². The Kier molecular flexibility index (Phi) is 4.11. The summed E-state index contributed by atoms with van der Waals surface area (Å²) in [5.74, 6) is -0.447. The number of aliphatic hydroxyl groups excluding tert-OH is 1. The predicted molar refractivity (Wildman–Crippen MR) is 55.9 cm³/mol. The van der Waals surface area contributed by atoms with Gasteiger partial charge in [0.1, 0.15) is 5.82 Å². The Bertz CT molecular complexity index is 325. The summed E-state index contributed by atoms with van der Waals surface area (Å²) in [6.07, 6.45) is 1.72. The molecule has 1 nitrogen and oxygen atoms in total. The van der Waals surface area contributed by atoms with E-state index in [1.807, 2.05) is 0 Å². The second-order valence-corrected chi connectivity index (χ2v) is 3.50. The first-order chi connectivity index (χ1) is 6.65. The zero-order valence-electron chi connectivity index (χ0n) is 7.71. The van der Waals surface area contributed by atoms with E-state index in [2.05, 4.69) is 6.58 Å². The lowest BCUT2D eigenvalue weighted by Gasteiger charge is -2.09. The first kappa shape index (κ1) is 11.2. The fraction of sp³-hybridized carbons (Fsp3) is 0.273. The van der Waals surface area contributed by atoms with Crippen molar-refractivity contribution < 1.29 is 9.50 Å². The summed E-state index contributed by atoms with van der Waals surface area (Å²) in [6.45, 7) is 3.50. The minimum absolute atomic E-state index is 0.0910. The van der Waals surface area contributed by atoms with Crippen molar-refractivity contribution in [1.82, 2.24) is 0 Å². The molecule has 1 atom stereocenters. The van der Waals surface area contributed by atoms with Crippen molar-refractivity contribution in [1.29, 1.82) is 0 Å².